The number of carboxylic acid groups (broad SMARTS) is 1. The van der Waals surface area contributed by atoms with E-state index < -0.39 is 12.1 Å². The lowest BCUT2D eigenvalue weighted by molar-refractivity contribution is -0.168. The smallest absolute Gasteiger partial charge is 0.334 e. The molecule has 1 amide bonds. The van der Waals surface area contributed by atoms with Crippen molar-refractivity contribution >= 4 is 11.9 Å². The van der Waals surface area contributed by atoms with Gasteiger partial charge in [-0.1, -0.05) is 0 Å². The fourth-order valence-corrected chi connectivity index (χ4v) is 6.23. The minimum absolute atomic E-state index is 0.147. The molecule has 4 saturated carbocycles. The highest BCUT2D eigenvalue weighted by Crippen LogP contribution is 2.61. The van der Waals surface area contributed by atoms with Crippen LogP contribution in [0.3, 0.4) is 0 Å². The first-order valence-corrected chi connectivity index (χ1v) is 9.08. The number of nitrogens with zero attached hydrogens (tertiary/aromatic N) is 1. The Morgan fingerprint density at radius 1 is 1.09 bits per heavy atom. The molecule has 23 heavy (non-hydrogen) atoms. The van der Waals surface area contributed by atoms with E-state index in [-0.39, 0.29) is 24.0 Å². The van der Waals surface area contributed by atoms with Gasteiger partial charge in [0.2, 0.25) is 5.91 Å². The van der Waals surface area contributed by atoms with Crippen LogP contribution >= 0.6 is 0 Å². The van der Waals surface area contributed by atoms with Gasteiger partial charge in [-0.15, -0.1) is 0 Å². The Morgan fingerprint density at radius 2 is 1.65 bits per heavy atom. The molecule has 1 heterocycles. The van der Waals surface area contributed by atoms with Gasteiger partial charge >= 0.3 is 5.97 Å². The Balaban J connectivity index is 1.44. The van der Waals surface area contributed by atoms with E-state index >= 15 is 0 Å². The van der Waals surface area contributed by atoms with Gasteiger partial charge in [-0.3, -0.25) is 4.79 Å². The average Bonchev–Trinajstić information content (AvgIpc) is 2.44. The topological polar surface area (TPSA) is 66.8 Å². The van der Waals surface area contributed by atoms with E-state index in [1.54, 1.807) is 4.90 Å². The highest BCUT2D eigenvalue weighted by atomic mass is 16.5. The van der Waals surface area contributed by atoms with Gasteiger partial charge in [0, 0.05) is 13.0 Å². The molecule has 1 saturated heterocycles. The summed E-state index contributed by atoms with van der Waals surface area (Å²) < 4.78 is 5.43. The van der Waals surface area contributed by atoms with Gasteiger partial charge in [-0.2, -0.15) is 0 Å². The molecule has 5 heteroatoms. The van der Waals surface area contributed by atoms with Crippen LogP contribution in [0.25, 0.3) is 0 Å². The molecule has 1 aliphatic heterocycles. The van der Waals surface area contributed by atoms with Crippen LogP contribution in [0.2, 0.25) is 0 Å². The molecule has 4 bridgehead atoms. The van der Waals surface area contributed by atoms with Gasteiger partial charge in [0.1, 0.15) is 0 Å². The largest absolute Gasteiger partial charge is 0.479 e. The standard InChI is InChI=1S/C18H27NO4/c1-11-9-19(10-15(23-11)17(21)22)16(20)8-18-5-12-2-13(6-18)4-14(3-12)7-18/h11-15H,2-10H2,1H3,(H,21,22)/t11-,12?,13?,14?,15?,18?/m1/s1. The third kappa shape index (κ3) is 2.88. The van der Waals surface area contributed by atoms with Crippen LogP contribution in [0.5, 0.6) is 0 Å². The molecule has 0 aromatic heterocycles. The summed E-state index contributed by atoms with van der Waals surface area (Å²) in [5, 5.41) is 9.20. The van der Waals surface area contributed by atoms with Crippen LogP contribution in [0.15, 0.2) is 0 Å². The minimum atomic E-state index is -0.968. The molecule has 0 aromatic carbocycles. The maximum atomic E-state index is 12.9. The number of carbonyl (C=O) groups excluding carboxylic acids is 1. The van der Waals surface area contributed by atoms with Gasteiger partial charge in [0.25, 0.3) is 0 Å². The first-order chi connectivity index (χ1) is 10.9. The molecule has 2 atom stereocenters. The van der Waals surface area contributed by atoms with Crippen molar-refractivity contribution in [3.8, 4) is 0 Å². The zero-order valence-electron chi connectivity index (χ0n) is 13.9. The van der Waals surface area contributed by atoms with Crippen molar-refractivity contribution in [3.63, 3.8) is 0 Å². The SMILES string of the molecule is C[C@@H]1CN(C(=O)CC23CC4CC(CC(C4)C2)C3)CC(C(=O)O)O1. The van der Waals surface area contributed by atoms with Crippen molar-refractivity contribution in [1.29, 1.82) is 0 Å². The maximum Gasteiger partial charge on any atom is 0.334 e. The second-order valence-corrected chi connectivity index (χ2v) is 8.67. The lowest BCUT2D eigenvalue weighted by Gasteiger charge is -2.57. The molecule has 4 aliphatic carbocycles. The van der Waals surface area contributed by atoms with Crippen LogP contribution in [0.1, 0.15) is 51.9 Å². The van der Waals surface area contributed by atoms with E-state index in [2.05, 4.69) is 0 Å². The van der Waals surface area contributed by atoms with Crippen molar-refractivity contribution < 1.29 is 19.4 Å². The van der Waals surface area contributed by atoms with Gasteiger partial charge < -0.3 is 14.7 Å². The summed E-state index contributed by atoms with van der Waals surface area (Å²) in [7, 11) is 0. The van der Waals surface area contributed by atoms with E-state index in [1.165, 1.54) is 38.5 Å². The van der Waals surface area contributed by atoms with Crippen LogP contribution in [0, 0.1) is 23.2 Å². The van der Waals surface area contributed by atoms with Crippen LogP contribution in [0.4, 0.5) is 0 Å². The highest BCUT2D eigenvalue weighted by Gasteiger charge is 2.52. The second-order valence-electron chi connectivity index (χ2n) is 8.67. The Kier molecular flexibility index (Phi) is 3.67. The molecular weight excluding hydrogens is 294 g/mol. The number of carboxylic acids is 1. The van der Waals surface area contributed by atoms with E-state index in [0.717, 1.165) is 17.8 Å². The van der Waals surface area contributed by atoms with Crippen molar-refractivity contribution in [2.24, 2.45) is 23.2 Å². The van der Waals surface area contributed by atoms with E-state index in [0.29, 0.717) is 13.0 Å². The molecule has 0 spiro atoms. The number of rotatable bonds is 3. The van der Waals surface area contributed by atoms with Crippen LogP contribution in [-0.4, -0.2) is 47.2 Å². The number of hydrogen-bond acceptors (Lipinski definition) is 3. The van der Waals surface area contributed by atoms with Crippen molar-refractivity contribution in [2.45, 2.75) is 64.1 Å². The monoisotopic (exact) mass is 321 g/mol. The molecule has 0 aromatic rings. The van der Waals surface area contributed by atoms with Crippen molar-refractivity contribution in [3.05, 3.63) is 0 Å². The first kappa shape index (κ1) is 15.4. The maximum absolute atomic E-state index is 12.9. The Morgan fingerprint density at radius 3 is 2.17 bits per heavy atom. The summed E-state index contributed by atoms with van der Waals surface area (Å²) >= 11 is 0. The molecule has 5 rings (SSSR count). The Hall–Kier alpha value is -1.10. The van der Waals surface area contributed by atoms with Crippen LogP contribution < -0.4 is 0 Å². The third-order valence-electron chi connectivity index (χ3n) is 6.58. The molecule has 0 radical (unpaired) electrons. The number of ether oxygens (including phenoxy) is 1. The molecule has 128 valence electrons. The van der Waals surface area contributed by atoms with Gasteiger partial charge in [-0.05, 0) is 68.6 Å². The highest BCUT2D eigenvalue weighted by molar-refractivity contribution is 5.79. The fourth-order valence-electron chi connectivity index (χ4n) is 6.23. The summed E-state index contributed by atoms with van der Waals surface area (Å²) in [4.78, 5) is 25.8. The van der Waals surface area contributed by atoms with Crippen molar-refractivity contribution in [2.75, 3.05) is 13.1 Å². The van der Waals surface area contributed by atoms with Crippen molar-refractivity contribution in [1.82, 2.24) is 4.90 Å². The first-order valence-electron chi connectivity index (χ1n) is 9.08. The molecule has 5 aliphatic rings. The number of morpholine rings is 1. The lowest BCUT2D eigenvalue weighted by atomic mass is 9.49. The molecular formula is C18H27NO4. The zero-order chi connectivity index (χ0) is 16.2. The van der Waals surface area contributed by atoms with E-state index in [1.807, 2.05) is 6.92 Å². The summed E-state index contributed by atoms with van der Waals surface area (Å²) in [5.74, 6) is 1.69. The molecule has 1 N–H and O–H groups in total. The zero-order valence-corrected chi connectivity index (χ0v) is 13.9. The average molecular weight is 321 g/mol. The minimum Gasteiger partial charge on any atom is -0.479 e. The molecule has 5 nitrogen and oxygen atoms in total. The van der Waals surface area contributed by atoms with Gasteiger partial charge in [0.15, 0.2) is 6.10 Å². The van der Waals surface area contributed by atoms with Gasteiger partial charge in [-0.25, -0.2) is 4.79 Å². The summed E-state index contributed by atoms with van der Waals surface area (Å²) in [6.07, 6.45) is 7.32. The Bertz CT molecular complexity index is 482. The summed E-state index contributed by atoms with van der Waals surface area (Å²) in [6.45, 7) is 2.57. The van der Waals surface area contributed by atoms with E-state index in [4.69, 9.17) is 4.74 Å². The van der Waals surface area contributed by atoms with E-state index in [9.17, 15) is 14.7 Å². The lowest BCUT2D eigenvalue weighted by Crippen LogP contribution is -2.54. The summed E-state index contributed by atoms with van der Waals surface area (Å²) in [5.41, 5.74) is 0.214. The normalized spacial score (nSPS) is 45.3. The number of carbonyl (C=O) groups is 2. The fraction of sp³-hybridized carbons (Fsp3) is 0.889. The second kappa shape index (κ2) is 5.47. The summed E-state index contributed by atoms with van der Waals surface area (Å²) in [6, 6.07) is 0. The molecule has 5 fully saturated rings. The predicted octanol–water partition coefficient (Wildman–Crippen LogP) is 2.29. The molecule has 1 unspecified atom stereocenters. The number of aliphatic carboxylic acids is 1. The number of hydrogen-bond donors (Lipinski definition) is 1. The van der Waals surface area contributed by atoms with Gasteiger partial charge in [0.05, 0.1) is 12.6 Å². The van der Waals surface area contributed by atoms with Crippen LogP contribution in [-0.2, 0) is 14.3 Å². The third-order valence-corrected chi connectivity index (χ3v) is 6.58. The predicted molar refractivity (Wildman–Crippen MR) is 83.8 cm³/mol. The quantitative estimate of drug-likeness (QED) is 0.866. The Labute approximate surface area is 137 Å². The number of amides is 1.